The smallest absolute Gasteiger partial charge is 0.325 e. The number of benzene rings is 1. The minimum Gasteiger partial charge on any atom is -0.480 e. The maximum atomic E-state index is 12.0. The zero-order valence-electron chi connectivity index (χ0n) is 10.2. The Kier molecular flexibility index (Phi) is 3.36. The first-order valence-corrected chi connectivity index (χ1v) is 7.83. The van der Waals surface area contributed by atoms with Crippen LogP contribution in [0.1, 0.15) is 18.4 Å². The number of aliphatic carboxylic acids is 1. The lowest BCUT2D eigenvalue weighted by Crippen LogP contribution is -2.40. The molecule has 0 radical (unpaired) electrons. The first-order valence-electron chi connectivity index (χ1n) is 5.74. The molecule has 0 heterocycles. The van der Waals surface area contributed by atoms with Crippen molar-refractivity contribution in [1.29, 1.82) is 0 Å². The summed E-state index contributed by atoms with van der Waals surface area (Å²) in [4.78, 5) is 11.3. The summed E-state index contributed by atoms with van der Waals surface area (Å²) >= 11 is 5.76. The average molecular weight is 304 g/mol. The number of hydrogen-bond donors (Lipinski definition) is 2. The predicted octanol–water partition coefficient (Wildman–Crippen LogP) is 1.02. The lowest BCUT2D eigenvalue weighted by atomic mass is 10.1. The van der Waals surface area contributed by atoms with Gasteiger partial charge in [0, 0.05) is 16.7 Å². The molecular formula is C12H14ClNO4S. The van der Waals surface area contributed by atoms with E-state index in [2.05, 4.69) is 0 Å². The lowest BCUT2D eigenvalue weighted by Gasteiger charge is -2.05. The van der Waals surface area contributed by atoms with E-state index in [4.69, 9.17) is 17.3 Å². The summed E-state index contributed by atoms with van der Waals surface area (Å²) in [6.07, 6.45) is 0. The van der Waals surface area contributed by atoms with Gasteiger partial charge in [0.1, 0.15) is 5.54 Å². The van der Waals surface area contributed by atoms with Crippen molar-refractivity contribution in [3.05, 3.63) is 34.9 Å². The molecule has 1 aliphatic rings. The van der Waals surface area contributed by atoms with Crippen LogP contribution in [0.25, 0.3) is 0 Å². The summed E-state index contributed by atoms with van der Waals surface area (Å²) in [5, 5.41) is 8.63. The van der Waals surface area contributed by atoms with E-state index in [1.165, 1.54) is 6.92 Å². The quantitative estimate of drug-likeness (QED) is 0.865. The van der Waals surface area contributed by atoms with Crippen molar-refractivity contribution in [2.75, 3.05) is 5.75 Å². The van der Waals surface area contributed by atoms with Crippen molar-refractivity contribution in [2.24, 2.45) is 5.73 Å². The van der Waals surface area contributed by atoms with Gasteiger partial charge in [0.15, 0.2) is 9.84 Å². The van der Waals surface area contributed by atoms with E-state index in [1.807, 2.05) is 0 Å². The molecule has 2 rings (SSSR count). The number of halogens is 1. The van der Waals surface area contributed by atoms with Gasteiger partial charge in [-0.25, -0.2) is 8.42 Å². The minimum atomic E-state index is -3.52. The third-order valence-electron chi connectivity index (χ3n) is 3.57. The Bertz CT molecular complexity index is 613. The summed E-state index contributed by atoms with van der Waals surface area (Å²) in [7, 11) is -3.52. The minimum absolute atomic E-state index is 0.131. The summed E-state index contributed by atoms with van der Waals surface area (Å²) in [5.74, 6) is -2.16. The molecule has 3 atom stereocenters. The van der Waals surface area contributed by atoms with Gasteiger partial charge in [0.2, 0.25) is 0 Å². The number of rotatable bonds is 4. The van der Waals surface area contributed by atoms with E-state index in [0.717, 1.165) is 0 Å². The average Bonchev–Trinajstić information content (AvgIpc) is 2.99. The van der Waals surface area contributed by atoms with Crippen LogP contribution in [0.5, 0.6) is 0 Å². The van der Waals surface area contributed by atoms with Gasteiger partial charge in [-0.15, -0.1) is 0 Å². The number of carbonyl (C=O) groups is 1. The van der Waals surface area contributed by atoms with Gasteiger partial charge in [-0.2, -0.15) is 0 Å². The van der Waals surface area contributed by atoms with Gasteiger partial charge in [-0.3, -0.25) is 4.79 Å². The van der Waals surface area contributed by atoms with E-state index in [9.17, 15) is 18.3 Å². The van der Waals surface area contributed by atoms with Gasteiger partial charge >= 0.3 is 5.97 Å². The lowest BCUT2D eigenvalue weighted by molar-refractivity contribution is -0.139. The van der Waals surface area contributed by atoms with Crippen molar-refractivity contribution in [3.63, 3.8) is 0 Å². The highest BCUT2D eigenvalue weighted by atomic mass is 35.5. The van der Waals surface area contributed by atoms with Gasteiger partial charge in [0.25, 0.3) is 0 Å². The first-order chi connectivity index (χ1) is 8.75. The molecule has 0 aliphatic heterocycles. The molecule has 3 N–H and O–H groups in total. The van der Waals surface area contributed by atoms with E-state index < -0.39 is 32.5 Å². The number of hydrogen-bond acceptors (Lipinski definition) is 4. The van der Waals surface area contributed by atoms with Crippen LogP contribution >= 0.6 is 11.6 Å². The molecule has 0 bridgehead atoms. The van der Waals surface area contributed by atoms with Crippen molar-refractivity contribution < 1.29 is 18.3 Å². The Morgan fingerprint density at radius 1 is 1.42 bits per heavy atom. The number of sulfone groups is 1. The highest BCUT2D eigenvalue weighted by molar-refractivity contribution is 7.92. The van der Waals surface area contributed by atoms with Crippen LogP contribution in [0.2, 0.25) is 5.02 Å². The van der Waals surface area contributed by atoms with E-state index in [0.29, 0.717) is 10.6 Å². The SMILES string of the molecule is CCS(=O)(=O)[C@@H]1[C@@H](c2ccc(Cl)cc2)[C@]1(N)C(=O)O. The van der Waals surface area contributed by atoms with Crippen molar-refractivity contribution >= 4 is 27.4 Å². The number of carboxylic acids is 1. The topological polar surface area (TPSA) is 97.5 Å². The molecule has 0 aromatic heterocycles. The number of nitrogens with two attached hydrogens (primary N) is 1. The summed E-state index contributed by atoms with van der Waals surface area (Å²) in [6, 6.07) is 6.41. The first kappa shape index (κ1) is 14.3. The highest BCUT2D eigenvalue weighted by Crippen LogP contribution is 2.54. The van der Waals surface area contributed by atoms with E-state index in [1.54, 1.807) is 24.3 Å². The molecule has 1 fully saturated rings. The van der Waals surface area contributed by atoms with Crippen LogP contribution in [-0.2, 0) is 14.6 Å². The molecule has 1 aliphatic carbocycles. The molecule has 0 saturated heterocycles. The molecule has 0 unspecified atom stereocenters. The van der Waals surface area contributed by atoms with E-state index >= 15 is 0 Å². The van der Waals surface area contributed by atoms with E-state index in [-0.39, 0.29) is 5.75 Å². The normalized spacial score (nSPS) is 30.1. The monoisotopic (exact) mass is 303 g/mol. The molecule has 7 heteroatoms. The zero-order chi connectivity index (χ0) is 14.4. The molecule has 0 amide bonds. The van der Waals surface area contributed by atoms with Crippen LogP contribution in [0.15, 0.2) is 24.3 Å². The largest absolute Gasteiger partial charge is 0.480 e. The highest BCUT2D eigenvalue weighted by Gasteiger charge is 2.73. The fourth-order valence-electron chi connectivity index (χ4n) is 2.43. The molecule has 1 saturated carbocycles. The molecule has 5 nitrogen and oxygen atoms in total. The maximum Gasteiger partial charge on any atom is 0.325 e. The van der Waals surface area contributed by atoms with Gasteiger partial charge < -0.3 is 10.8 Å². The Morgan fingerprint density at radius 2 is 1.95 bits per heavy atom. The summed E-state index contributed by atoms with van der Waals surface area (Å²) in [5.41, 5.74) is 4.63. The van der Waals surface area contributed by atoms with Crippen molar-refractivity contribution in [3.8, 4) is 0 Å². The van der Waals surface area contributed by atoms with Crippen molar-refractivity contribution in [1.82, 2.24) is 0 Å². The van der Waals surface area contributed by atoms with Crippen molar-refractivity contribution in [2.45, 2.75) is 23.6 Å². The third-order valence-corrected chi connectivity index (χ3v) is 6.06. The fraction of sp³-hybridized carbons (Fsp3) is 0.417. The molecular weight excluding hydrogens is 290 g/mol. The predicted molar refractivity (Wildman–Crippen MR) is 72.0 cm³/mol. The molecule has 1 aromatic carbocycles. The second-order valence-electron chi connectivity index (χ2n) is 4.64. The Labute approximate surface area is 116 Å². The van der Waals surface area contributed by atoms with Gasteiger partial charge in [-0.05, 0) is 17.7 Å². The summed E-state index contributed by atoms with van der Waals surface area (Å²) < 4.78 is 23.9. The van der Waals surface area contributed by atoms with Crippen LogP contribution in [0.3, 0.4) is 0 Å². The van der Waals surface area contributed by atoms with Crippen LogP contribution in [0.4, 0.5) is 0 Å². The van der Waals surface area contributed by atoms with Crippen LogP contribution < -0.4 is 5.73 Å². The maximum absolute atomic E-state index is 12.0. The Balaban J connectivity index is 2.45. The van der Waals surface area contributed by atoms with Crippen LogP contribution in [-0.4, -0.2) is 36.0 Å². The third kappa shape index (κ3) is 2.13. The zero-order valence-corrected chi connectivity index (χ0v) is 11.8. The van der Waals surface area contributed by atoms with Gasteiger partial charge in [0.05, 0.1) is 5.25 Å². The Hall–Kier alpha value is -1.11. The second-order valence-corrected chi connectivity index (χ2v) is 7.49. The Morgan fingerprint density at radius 3 is 2.37 bits per heavy atom. The second kappa shape index (κ2) is 4.47. The fourth-order valence-corrected chi connectivity index (χ4v) is 4.48. The van der Waals surface area contributed by atoms with Gasteiger partial charge in [-0.1, -0.05) is 30.7 Å². The molecule has 19 heavy (non-hydrogen) atoms. The standard InChI is InChI=1S/C12H14ClNO4S/c1-2-19(17,18)10-9(12(10,14)11(15)16)7-3-5-8(13)6-4-7/h3-6,9-10H,2,14H2,1H3,(H,15,16)/t9-,10-,12-/m1/s1. The molecule has 104 valence electrons. The summed E-state index contributed by atoms with van der Waals surface area (Å²) in [6.45, 7) is 1.48. The molecule has 1 aromatic rings. The molecule has 0 spiro atoms. The number of carboxylic acid groups (broad SMARTS) is 1. The van der Waals surface area contributed by atoms with Crippen LogP contribution in [0, 0.1) is 0 Å².